The Morgan fingerprint density at radius 1 is 1.71 bits per heavy atom. The number of amides is 1. The lowest BCUT2D eigenvalue weighted by Gasteiger charge is -2.15. The zero-order valence-corrected chi connectivity index (χ0v) is 7.88. The lowest BCUT2D eigenvalue weighted by Crippen LogP contribution is -2.36. The fourth-order valence-corrected chi connectivity index (χ4v) is 1.57. The van der Waals surface area contributed by atoms with E-state index in [4.69, 9.17) is 0 Å². The van der Waals surface area contributed by atoms with Crippen molar-refractivity contribution in [1.82, 2.24) is 10.2 Å². The first kappa shape index (κ1) is 11.1. The number of rotatable bonds is 4. The molecule has 3 nitrogen and oxygen atoms in total. The van der Waals surface area contributed by atoms with E-state index < -0.39 is 6.43 Å². The lowest BCUT2D eigenvalue weighted by atomic mass is 10.2. The summed E-state index contributed by atoms with van der Waals surface area (Å²) in [5.41, 5.74) is 0. The SMILES string of the molecule is C=CC(=O)N[C@H]1CCN(CC(F)F)C1. The van der Waals surface area contributed by atoms with E-state index in [1.165, 1.54) is 6.08 Å². The van der Waals surface area contributed by atoms with Gasteiger partial charge in [-0.15, -0.1) is 0 Å². The van der Waals surface area contributed by atoms with Crippen molar-refractivity contribution in [2.24, 2.45) is 0 Å². The number of nitrogens with one attached hydrogen (secondary N) is 1. The Labute approximate surface area is 81.8 Å². The smallest absolute Gasteiger partial charge is 0.251 e. The van der Waals surface area contributed by atoms with E-state index in [1.54, 1.807) is 4.90 Å². The molecule has 0 radical (unpaired) electrons. The van der Waals surface area contributed by atoms with Crippen LogP contribution >= 0.6 is 0 Å². The molecule has 1 aliphatic rings. The standard InChI is InChI=1S/C9H14F2N2O/c1-2-9(14)12-7-3-4-13(5-7)6-8(10)11/h2,7-8H,1,3-6H2,(H,12,14)/t7-/m0/s1. The van der Waals surface area contributed by atoms with Crippen LogP contribution in [0.2, 0.25) is 0 Å². The Bertz CT molecular complexity index is 221. The second-order valence-corrected chi connectivity index (χ2v) is 3.35. The molecular formula is C9H14F2N2O. The van der Waals surface area contributed by atoms with Gasteiger partial charge in [0.15, 0.2) is 0 Å². The van der Waals surface area contributed by atoms with E-state index in [2.05, 4.69) is 11.9 Å². The summed E-state index contributed by atoms with van der Waals surface area (Å²) < 4.78 is 24.0. The van der Waals surface area contributed by atoms with E-state index in [-0.39, 0.29) is 18.5 Å². The lowest BCUT2D eigenvalue weighted by molar-refractivity contribution is -0.117. The Morgan fingerprint density at radius 2 is 2.43 bits per heavy atom. The average Bonchev–Trinajstić information content (AvgIpc) is 2.51. The van der Waals surface area contributed by atoms with Gasteiger partial charge < -0.3 is 5.32 Å². The van der Waals surface area contributed by atoms with E-state index in [0.717, 1.165) is 6.42 Å². The summed E-state index contributed by atoms with van der Waals surface area (Å²) in [5.74, 6) is -0.242. The van der Waals surface area contributed by atoms with E-state index in [0.29, 0.717) is 13.1 Å². The van der Waals surface area contributed by atoms with Crippen LogP contribution in [0.15, 0.2) is 12.7 Å². The van der Waals surface area contributed by atoms with Gasteiger partial charge in [0.1, 0.15) is 0 Å². The molecule has 1 heterocycles. The molecule has 1 aliphatic heterocycles. The number of carbonyl (C=O) groups excluding carboxylic acids is 1. The highest BCUT2D eigenvalue weighted by atomic mass is 19.3. The van der Waals surface area contributed by atoms with Gasteiger partial charge in [-0.3, -0.25) is 9.69 Å². The van der Waals surface area contributed by atoms with E-state index in [9.17, 15) is 13.6 Å². The molecule has 0 aromatic heterocycles. The van der Waals surface area contributed by atoms with Crippen LogP contribution in [-0.4, -0.2) is 42.9 Å². The summed E-state index contributed by atoms with van der Waals surface area (Å²) in [6, 6.07) is -0.0146. The molecule has 0 aromatic carbocycles. The highest BCUT2D eigenvalue weighted by Crippen LogP contribution is 2.10. The van der Waals surface area contributed by atoms with Gasteiger partial charge in [-0.1, -0.05) is 6.58 Å². The van der Waals surface area contributed by atoms with Crippen LogP contribution in [0.5, 0.6) is 0 Å². The molecule has 0 unspecified atom stereocenters. The molecule has 80 valence electrons. The fourth-order valence-electron chi connectivity index (χ4n) is 1.57. The molecule has 1 amide bonds. The molecule has 1 rings (SSSR count). The molecule has 0 spiro atoms. The first-order chi connectivity index (χ1) is 6.61. The van der Waals surface area contributed by atoms with Crippen LogP contribution in [0.25, 0.3) is 0 Å². The number of hydrogen-bond donors (Lipinski definition) is 1. The third-order valence-corrected chi connectivity index (χ3v) is 2.20. The largest absolute Gasteiger partial charge is 0.349 e. The second kappa shape index (κ2) is 5.05. The monoisotopic (exact) mass is 204 g/mol. The maximum atomic E-state index is 12.0. The van der Waals surface area contributed by atoms with Gasteiger partial charge in [0.05, 0.1) is 6.54 Å². The summed E-state index contributed by atoms with van der Waals surface area (Å²) in [7, 11) is 0. The third-order valence-electron chi connectivity index (χ3n) is 2.20. The Morgan fingerprint density at radius 3 is 3.00 bits per heavy atom. The topological polar surface area (TPSA) is 32.3 Å². The van der Waals surface area contributed by atoms with Crippen LogP contribution in [0.3, 0.4) is 0 Å². The number of carbonyl (C=O) groups is 1. The highest BCUT2D eigenvalue weighted by Gasteiger charge is 2.24. The van der Waals surface area contributed by atoms with Gasteiger partial charge >= 0.3 is 0 Å². The summed E-state index contributed by atoms with van der Waals surface area (Å²) in [6.45, 7) is 4.24. The maximum Gasteiger partial charge on any atom is 0.251 e. The predicted octanol–water partition coefficient (Wildman–Crippen LogP) is 0.628. The van der Waals surface area contributed by atoms with Crippen LogP contribution < -0.4 is 5.32 Å². The summed E-state index contributed by atoms with van der Waals surface area (Å²) in [4.78, 5) is 12.6. The quantitative estimate of drug-likeness (QED) is 0.681. The van der Waals surface area contributed by atoms with Crippen LogP contribution in [-0.2, 0) is 4.79 Å². The van der Waals surface area contributed by atoms with Gasteiger partial charge in [-0.2, -0.15) is 0 Å². The van der Waals surface area contributed by atoms with Crippen molar-refractivity contribution in [2.75, 3.05) is 19.6 Å². The molecule has 0 saturated carbocycles. The Kier molecular flexibility index (Phi) is 4.00. The van der Waals surface area contributed by atoms with Gasteiger partial charge in [0, 0.05) is 19.1 Å². The van der Waals surface area contributed by atoms with Crippen molar-refractivity contribution < 1.29 is 13.6 Å². The first-order valence-corrected chi connectivity index (χ1v) is 4.55. The van der Waals surface area contributed by atoms with Crippen molar-refractivity contribution in [3.63, 3.8) is 0 Å². The van der Waals surface area contributed by atoms with E-state index >= 15 is 0 Å². The van der Waals surface area contributed by atoms with Crippen molar-refractivity contribution in [3.8, 4) is 0 Å². The minimum absolute atomic E-state index is 0.0146. The Hall–Kier alpha value is -0.970. The number of alkyl halides is 2. The molecule has 1 atom stereocenters. The third kappa shape index (κ3) is 3.41. The molecular weight excluding hydrogens is 190 g/mol. The van der Waals surface area contributed by atoms with Crippen molar-refractivity contribution in [2.45, 2.75) is 18.9 Å². The predicted molar refractivity (Wildman–Crippen MR) is 49.2 cm³/mol. The fraction of sp³-hybridized carbons (Fsp3) is 0.667. The van der Waals surface area contributed by atoms with Gasteiger partial charge in [-0.05, 0) is 12.5 Å². The molecule has 1 N–H and O–H groups in total. The zero-order chi connectivity index (χ0) is 10.6. The van der Waals surface area contributed by atoms with Crippen LogP contribution in [0, 0.1) is 0 Å². The summed E-state index contributed by atoms with van der Waals surface area (Å²) in [5, 5.41) is 2.69. The number of likely N-dealkylation sites (tertiary alicyclic amines) is 1. The number of nitrogens with zero attached hydrogens (tertiary/aromatic N) is 1. The van der Waals surface area contributed by atoms with Crippen molar-refractivity contribution in [3.05, 3.63) is 12.7 Å². The Balaban J connectivity index is 2.26. The minimum Gasteiger partial charge on any atom is -0.349 e. The molecule has 5 heteroatoms. The second-order valence-electron chi connectivity index (χ2n) is 3.35. The molecule has 1 saturated heterocycles. The van der Waals surface area contributed by atoms with Gasteiger partial charge in [0.25, 0.3) is 6.43 Å². The molecule has 0 aliphatic carbocycles. The van der Waals surface area contributed by atoms with Crippen molar-refractivity contribution in [1.29, 1.82) is 0 Å². The average molecular weight is 204 g/mol. The summed E-state index contributed by atoms with van der Waals surface area (Å²) in [6.07, 6.45) is -0.383. The summed E-state index contributed by atoms with van der Waals surface area (Å²) >= 11 is 0. The maximum absolute atomic E-state index is 12.0. The zero-order valence-electron chi connectivity index (χ0n) is 7.88. The van der Waals surface area contributed by atoms with Crippen LogP contribution in [0.1, 0.15) is 6.42 Å². The molecule has 0 bridgehead atoms. The molecule has 1 fully saturated rings. The number of hydrogen-bond acceptors (Lipinski definition) is 2. The molecule has 0 aromatic rings. The van der Waals surface area contributed by atoms with Gasteiger partial charge in [0.2, 0.25) is 5.91 Å². The number of halogens is 2. The van der Waals surface area contributed by atoms with Crippen molar-refractivity contribution >= 4 is 5.91 Å². The normalized spacial score (nSPS) is 22.6. The van der Waals surface area contributed by atoms with Gasteiger partial charge in [-0.25, -0.2) is 8.78 Å². The molecule has 14 heavy (non-hydrogen) atoms. The minimum atomic E-state index is -2.30. The first-order valence-electron chi connectivity index (χ1n) is 4.55. The van der Waals surface area contributed by atoms with Crippen LogP contribution in [0.4, 0.5) is 8.78 Å². The van der Waals surface area contributed by atoms with E-state index in [1.807, 2.05) is 0 Å². The highest BCUT2D eigenvalue weighted by molar-refractivity contribution is 5.87.